The lowest BCUT2D eigenvalue weighted by Gasteiger charge is -2.22. The zero-order chi connectivity index (χ0) is 47.9. The number of ether oxygens (including phenoxy) is 1. The van der Waals surface area contributed by atoms with Crippen molar-refractivity contribution in [3.8, 4) is 0 Å². The molecule has 0 bridgehead atoms. The number of allylic oxidation sites excluding steroid dienone is 2. The van der Waals surface area contributed by atoms with E-state index in [1.54, 1.807) is 0 Å². The van der Waals surface area contributed by atoms with Crippen LogP contribution >= 0.6 is 0 Å². The Kier molecular flexibility index (Phi) is 55.0. The molecule has 2 unspecified atom stereocenters. The molecule has 0 saturated heterocycles. The largest absolute Gasteiger partial charge is 0.466 e. The van der Waals surface area contributed by atoms with Crippen molar-refractivity contribution in [3.05, 3.63) is 12.2 Å². The predicted octanol–water partition coefficient (Wildman–Crippen LogP) is 18.5. The summed E-state index contributed by atoms with van der Waals surface area (Å²) in [4.78, 5) is 24.6. The molecule has 0 spiro atoms. The summed E-state index contributed by atoms with van der Waals surface area (Å²) >= 11 is 0. The first-order valence-electron chi connectivity index (χ1n) is 29.9. The van der Waals surface area contributed by atoms with Crippen LogP contribution in [0.1, 0.15) is 335 Å². The highest BCUT2D eigenvalue weighted by molar-refractivity contribution is 5.76. The molecule has 0 heterocycles. The first-order chi connectivity index (χ1) is 32.5. The number of nitrogens with one attached hydrogen (secondary N) is 1. The molecule has 1 amide bonds. The number of hydrogen-bond acceptors (Lipinski definition) is 5. The number of aliphatic hydroxyl groups is 2. The highest BCUT2D eigenvalue weighted by atomic mass is 16.5. The SMILES string of the molecule is CCCCCCCCC/C=C\CCCCCCCC(=O)OCCCCCCCCCCCCCCCC(=O)NC(CO)C(O)CCCCCCCCCCCCCCCCCCCCCC. The molecule has 3 N–H and O–H groups in total. The van der Waals surface area contributed by atoms with Crippen molar-refractivity contribution in [3.63, 3.8) is 0 Å². The molecule has 0 aliphatic rings. The molecule has 0 aromatic rings. The Hall–Kier alpha value is -1.40. The van der Waals surface area contributed by atoms with E-state index in [4.69, 9.17) is 4.74 Å². The van der Waals surface area contributed by atoms with Gasteiger partial charge in [-0.15, -0.1) is 0 Å². The maximum atomic E-state index is 12.5. The van der Waals surface area contributed by atoms with Crippen LogP contribution in [0.3, 0.4) is 0 Å². The molecule has 6 nitrogen and oxygen atoms in total. The van der Waals surface area contributed by atoms with E-state index in [0.717, 1.165) is 51.4 Å². The topological polar surface area (TPSA) is 95.9 Å². The van der Waals surface area contributed by atoms with E-state index in [-0.39, 0.29) is 18.5 Å². The van der Waals surface area contributed by atoms with Crippen LogP contribution in [0.15, 0.2) is 12.2 Å². The molecule has 0 aromatic heterocycles. The average molecular weight is 933 g/mol. The molecule has 66 heavy (non-hydrogen) atoms. The van der Waals surface area contributed by atoms with Gasteiger partial charge >= 0.3 is 5.97 Å². The van der Waals surface area contributed by atoms with Gasteiger partial charge in [0.1, 0.15) is 0 Å². The molecule has 0 aromatic carbocycles. The number of unbranched alkanes of at least 4 members (excludes halogenated alkanes) is 43. The van der Waals surface area contributed by atoms with Gasteiger partial charge in [0.25, 0.3) is 0 Å². The average Bonchev–Trinajstić information content (AvgIpc) is 3.32. The summed E-state index contributed by atoms with van der Waals surface area (Å²) in [6.45, 7) is 4.95. The summed E-state index contributed by atoms with van der Waals surface area (Å²) in [5.41, 5.74) is 0. The summed E-state index contributed by atoms with van der Waals surface area (Å²) in [6, 6.07) is -0.551. The van der Waals surface area contributed by atoms with Crippen LogP contribution in [0.2, 0.25) is 0 Å². The Bertz CT molecular complexity index is 986. The van der Waals surface area contributed by atoms with Crippen molar-refractivity contribution in [2.75, 3.05) is 13.2 Å². The van der Waals surface area contributed by atoms with Crippen LogP contribution in [0.4, 0.5) is 0 Å². The second kappa shape index (κ2) is 56.2. The molecule has 2 atom stereocenters. The fourth-order valence-electron chi connectivity index (χ4n) is 9.46. The minimum absolute atomic E-state index is 0.0117. The van der Waals surface area contributed by atoms with E-state index in [1.165, 1.54) is 250 Å². The molecular weight excluding hydrogens is 815 g/mol. The maximum absolute atomic E-state index is 12.5. The second-order valence-corrected chi connectivity index (χ2v) is 20.7. The van der Waals surface area contributed by atoms with Crippen LogP contribution in [0, 0.1) is 0 Å². The monoisotopic (exact) mass is 932 g/mol. The summed E-state index contributed by atoms with van der Waals surface area (Å²) in [5.74, 6) is -0.0563. The minimum Gasteiger partial charge on any atom is -0.466 e. The third-order valence-corrected chi connectivity index (χ3v) is 14.1. The Morgan fingerprint density at radius 2 is 0.712 bits per heavy atom. The number of amides is 1. The van der Waals surface area contributed by atoms with Gasteiger partial charge in [-0.2, -0.15) is 0 Å². The van der Waals surface area contributed by atoms with Crippen molar-refractivity contribution in [1.82, 2.24) is 5.32 Å². The van der Waals surface area contributed by atoms with Gasteiger partial charge in [-0.05, 0) is 51.4 Å². The van der Waals surface area contributed by atoms with Crippen molar-refractivity contribution in [2.45, 2.75) is 347 Å². The Balaban J connectivity index is 3.44. The van der Waals surface area contributed by atoms with E-state index in [2.05, 4.69) is 31.3 Å². The van der Waals surface area contributed by atoms with E-state index in [9.17, 15) is 19.8 Å². The fourth-order valence-corrected chi connectivity index (χ4v) is 9.46. The molecule has 392 valence electrons. The number of esters is 1. The number of hydrogen-bond donors (Lipinski definition) is 3. The number of aliphatic hydroxyl groups excluding tert-OH is 2. The standard InChI is InChI=1S/C60H117NO5/c1-3-5-7-9-11-13-15-17-19-21-22-23-24-25-28-32-36-40-44-48-52-58(63)57(56-62)61-59(64)53-49-45-41-37-33-29-27-31-35-39-43-47-51-55-66-60(65)54-50-46-42-38-34-30-26-20-18-16-14-12-10-8-6-4-2/h20,26,57-58,62-63H,3-19,21-25,27-56H2,1-2H3,(H,61,64)/b26-20-. The molecule has 0 aliphatic heterocycles. The molecule has 6 heteroatoms. The van der Waals surface area contributed by atoms with Gasteiger partial charge in [-0.25, -0.2) is 0 Å². The molecule has 0 radical (unpaired) electrons. The third kappa shape index (κ3) is 52.0. The summed E-state index contributed by atoms with van der Waals surface area (Å²) in [7, 11) is 0. The highest BCUT2D eigenvalue weighted by Gasteiger charge is 2.20. The van der Waals surface area contributed by atoms with Crippen molar-refractivity contribution in [2.24, 2.45) is 0 Å². The van der Waals surface area contributed by atoms with Crippen LogP contribution in [0.5, 0.6) is 0 Å². The third-order valence-electron chi connectivity index (χ3n) is 14.1. The van der Waals surface area contributed by atoms with Gasteiger partial charge in [0.05, 0.1) is 25.4 Å². The number of carbonyl (C=O) groups excluding carboxylic acids is 2. The molecule has 0 saturated carbocycles. The highest BCUT2D eigenvalue weighted by Crippen LogP contribution is 2.18. The lowest BCUT2D eigenvalue weighted by atomic mass is 10.0. The van der Waals surface area contributed by atoms with Crippen molar-refractivity contribution < 1.29 is 24.5 Å². The zero-order valence-corrected chi connectivity index (χ0v) is 44.7. The van der Waals surface area contributed by atoms with E-state index in [0.29, 0.717) is 25.9 Å². The van der Waals surface area contributed by atoms with Crippen LogP contribution in [0.25, 0.3) is 0 Å². The van der Waals surface area contributed by atoms with Crippen LogP contribution < -0.4 is 5.32 Å². The van der Waals surface area contributed by atoms with Gasteiger partial charge in [0, 0.05) is 12.8 Å². The molecule has 0 fully saturated rings. The molecular formula is C60H117NO5. The van der Waals surface area contributed by atoms with Crippen molar-refractivity contribution >= 4 is 11.9 Å². The fraction of sp³-hybridized carbons (Fsp3) is 0.933. The van der Waals surface area contributed by atoms with Gasteiger partial charge < -0.3 is 20.3 Å². The smallest absolute Gasteiger partial charge is 0.305 e. The maximum Gasteiger partial charge on any atom is 0.305 e. The summed E-state index contributed by atoms with van der Waals surface area (Å²) in [6.07, 6.45) is 66.3. The van der Waals surface area contributed by atoms with Gasteiger partial charge in [0.2, 0.25) is 5.91 Å². The van der Waals surface area contributed by atoms with E-state index >= 15 is 0 Å². The lowest BCUT2D eigenvalue weighted by Crippen LogP contribution is -2.45. The Morgan fingerprint density at radius 1 is 0.409 bits per heavy atom. The number of rotatable bonds is 56. The van der Waals surface area contributed by atoms with Gasteiger partial charge in [0.15, 0.2) is 0 Å². The van der Waals surface area contributed by atoms with Gasteiger partial charge in [-0.3, -0.25) is 9.59 Å². The van der Waals surface area contributed by atoms with E-state index in [1.807, 2.05) is 0 Å². The Morgan fingerprint density at radius 3 is 1.08 bits per heavy atom. The lowest BCUT2D eigenvalue weighted by molar-refractivity contribution is -0.143. The van der Waals surface area contributed by atoms with Gasteiger partial charge in [-0.1, -0.05) is 283 Å². The van der Waals surface area contributed by atoms with Crippen LogP contribution in [-0.2, 0) is 14.3 Å². The first kappa shape index (κ1) is 64.6. The zero-order valence-electron chi connectivity index (χ0n) is 44.7. The van der Waals surface area contributed by atoms with Crippen LogP contribution in [-0.4, -0.2) is 47.4 Å². The first-order valence-corrected chi connectivity index (χ1v) is 29.9. The summed E-state index contributed by atoms with van der Waals surface area (Å²) in [5, 5.41) is 23.3. The normalized spacial score (nSPS) is 12.6. The number of carbonyl (C=O) groups is 2. The predicted molar refractivity (Wildman–Crippen MR) is 287 cm³/mol. The Labute approximate surface area is 412 Å². The molecule has 0 rings (SSSR count). The second-order valence-electron chi connectivity index (χ2n) is 20.7. The van der Waals surface area contributed by atoms with E-state index < -0.39 is 12.1 Å². The quantitative estimate of drug-likeness (QED) is 0.0321. The van der Waals surface area contributed by atoms with Crippen molar-refractivity contribution in [1.29, 1.82) is 0 Å². The summed E-state index contributed by atoms with van der Waals surface area (Å²) < 4.78 is 5.47. The molecule has 0 aliphatic carbocycles. The minimum atomic E-state index is -0.673.